The maximum atomic E-state index is 13.1. The first-order valence-corrected chi connectivity index (χ1v) is 31.9. The molecule has 0 saturated carbocycles. The predicted octanol–water partition coefficient (Wildman–Crippen LogP) is 28.0. The van der Waals surface area contributed by atoms with E-state index in [1.165, 1.54) is 62.7 Å². The minimum absolute atomic E-state index is 0. The van der Waals surface area contributed by atoms with Gasteiger partial charge in [-0.15, -0.1) is 0 Å². The van der Waals surface area contributed by atoms with Crippen molar-refractivity contribution in [3.8, 4) is 0 Å². The Morgan fingerprint density at radius 1 is 0.286 bits per heavy atom. The monoisotopic (exact) mass is 1270 g/mol. The molecule has 8 rings (SSSR count). The van der Waals surface area contributed by atoms with Crippen LogP contribution in [-0.4, -0.2) is 0 Å². The van der Waals surface area contributed by atoms with E-state index >= 15 is 0 Å². The number of aryl methyl sites for hydroxylation is 7. The van der Waals surface area contributed by atoms with Crippen molar-refractivity contribution >= 4 is 11.6 Å². The third-order valence-corrected chi connectivity index (χ3v) is 14.9. The number of halogens is 6. The summed E-state index contributed by atoms with van der Waals surface area (Å²) >= 11 is 5.58. The number of hydrogen-bond donors (Lipinski definition) is 0. The topological polar surface area (TPSA) is 0 Å². The quantitative estimate of drug-likeness (QED) is 0.154. The highest BCUT2D eigenvalue weighted by Gasteiger charge is 2.16. The average Bonchev–Trinajstić information content (AvgIpc) is 3.01. The summed E-state index contributed by atoms with van der Waals surface area (Å²) < 4.78 is 64.9. The van der Waals surface area contributed by atoms with Crippen LogP contribution in [0, 0.1) is 77.6 Å². The van der Waals surface area contributed by atoms with Crippen LogP contribution in [-0.2, 0) is 21.7 Å². The van der Waals surface area contributed by atoms with Crippen LogP contribution in [0.3, 0.4) is 0 Å². The molecular weight excluding hydrogens is 1150 g/mol. The fourth-order valence-corrected chi connectivity index (χ4v) is 8.72. The molecule has 6 heteroatoms. The highest BCUT2D eigenvalue weighted by atomic mass is 35.5. The highest BCUT2D eigenvalue weighted by Crippen LogP contribution is 2.27. The zero-order valence-corrected chi connectivity index (χ0v) is 60.4. The normalized spacial score (nSPS) is 10.9. The summed E-state index contributed by atoms with van der Waals surface area (Å²) in [5.41, 5.74) is 17.6. The highest BCUT2D eigenvalue weighted by molar-refractivity contribution is 6.30. The first-order chi connectivity index (χ1) is 40.8. The molecule has 0 nitrogen and oxygen atoms in total. The summed E-state index contributed by atoms with van der Waals surface area (Å²) in [4.78, 5) is 0. The molecule has 0 bridgehead atoms. The average molecular weight is 1270 g/mol. The summed E-state index contributed by atoms with van der Waals surface area (Å²) in [5.74, 6) is -0.448. The fraction of sp³-hybridized carbons (Fsp3) is 0.435. The van der Waals surface area contributed by atoms with Gasteiger partial charge in [-0.1, -0.05) is 315 Å². The van der Waals surface area contributed by atoms with Crippen molar-refractivity contribution in [2.24, 2.45) is 0 Å². The summed E-state index contributed by atoms with van der Waals surface area (Å²) in [6, 6.07) is 53.2. The molecule has 0 aliphatic rings. The Morgan fingerprint density at radius 2 is 0.626 bits per heavy atom. The van der Waals surface area contributed by atoms with Gasteiger partial charge in [-0.2, -0.15) is 0 Å². The van der Waals surface area contributed by atoms with E-state index in [-0.39, 0.29) is 76.4 Å². The number of benzene rings is 8. The van der Waals surface area contributed by atoms with Crippen molar-refractivity contribution in [1.82, 2.24) is 0 Å². The summed E-state index contributed by atoms with van der Waals surface area (Å²) in [6.45, 7) is 56.4. The Hall–Kier alpha value is -6.30. The first kappa shape index (κ1) is 86.8. The van der Waals surface area contributed by atoms with Gasteiger partial charge in [0.2, 0.25) is 0 Å². The van der Waals surface area contributed by atoms with Crippen molar-refractivity contribution in [1.29, 1.82) is 0 Å². The molecule has 0 aliphatic heterocycles. The van der Waals surface area contributed by atoms with Crippen LogP contribution >= 0.6 is 11.6 Å². The van der Waals surface area contributed by atoms with Gasteiger partial charge in [0.1, 0.15) is 29.1 Å². The van der Waals surface area contributed by atoms with Gasteiger partial charge in [0, 0.05) is 5.56 Å². The Labute approximate surface area is 559 Å². The lowest BCUT2D eigenvalue weighted by Gasteiger charge is -2.19. The third kappa shape index (κ3) is 33.7. The standard InChI is InChI=1S/4C11H16.C10H12F2.2C10H13F.C9H10ClF.2CH4/c2*1-9-5-7-10(8-6-9)11(2,3)4;2*1-9-6-5-7-10(8-9)11(2,3)4;1-6(2)10-8(11)4-7(3)5-9(10)12;1-7(2)9-5-4-8(3)10(11)6-9;1-7(2)9-5-4-8(3)6-10(9)11;1-6(2)7-3-4-9(11)8(10)5-7;;/h4*5-8H,1-4H3;4-6H,1-3H3;2*4-7H,1-3H3;3-6H,1-2H3;2*1H4. The van der Waals surface area contributed by atoms with Crippen molar-refractivity contribution in [3.05, 3.63) is 281 Å². The summed E-state index contributed by atoms with van der Waals surface area (Å²) in [7, 11) is 0. The van der Waals surface area contributed by atoms with Gasteiger partial charge in [0.15, 0.2) is 0 Å². The van der Waals surface area contributed by atoms with Gasteiger partial charge in [0.25, 0.3) is 0 Å². The molecule has 91 heavy (non-hydrogen) atoms. The molecular formula is C85H120ClF5. The second kappa shape index (κ2) is 40.0. The molecule has 0 fully saturated rings. The second-order valence-electron chi connectivity index (χ2n) is 28.9. The van der Waals surface area contributed by atoms with E-state index in [9.17, 15) is 22.0 Å². The molecule has 8 aromatic rings. The first-order valence-electron chi connectivity index (χ1n) is 31.6. The van der Waals surface area contributed by atoms with Crippen molar-refractivity contribution < 1.29 is 22.0 Å². The van der Waals surface area contributed by atoms with E-state index in [1.54, 1.807) is 52.0 Å². The van der Waals surface area contributed by atoms with E-state index in [1.807, 2.05) is 58.9 Å². The van der Waals surface area contributed by atoms with Crippen molar-refractivity contribution in [2.75, 3.05) is 0 Å². The molecule has 8 aromatic carbocycles. The molecule has 0 saturated heterocycles. The second-order valence-corrected chi connectivity index (χ2v) is 29.3. The Bertz CT molecular complexity index is 3140. The van der Waals surface area contributed by atoms with Crippen LogP contribution in [0.4, 0.5) is 22.0 Å². The van der Waals surface area contributed by atoms with Crippen LogP contribution in [0.5, 0.6) is 0 Å². The molecule has 0 heterocycles. The fourth-order valence-electron chi connectivity index (χ4n) is 8.53. The van der Waals surface area contributed by atoms with Gasteiger partial charge < -0.3 is 0 Å². The van der Waals surface area contributed by atoms with E-state index in [0.717, 1.165) is 27.8 Å². The Balaban J connectivity index is 0. The lowest BCUT2D eigenvalue weighted by Crippen LogP contribution is -2.10. The minimum atomic E-state index is -0.442. The number of rotatable bonds is 4. The van der Waals surface area contributed by atoms with E-state index in [0.29, 0.717) is 17.4 Å². The van der Waals surface area contributed by atoms with Crippen LogP contribution in [0.25, 0.3) is 0 Å². The number of hydrogen-bond acceptors (Lipinski definition) is 0. The molecule has 0 unspecified atom stereocenters. The smallest absolute Gasteiger partial charge is 0.141 e. The third-order valence-electron chi connectivity index (χ3n) is 14.7. The maximum absolute atomic E-state index is 13.1. The summed E-state index contributed by atoms with van der Waals surface area (Å²) in [6.07, 6.45) is 0. The molecule has 0 N–H and O–H groups in total. The molecule has 502 valence electrons. The van der Waals surface area contributed by atoms with E-state index in [2.05, 4.69) is 222 Å². The molecule has 0 amide bonds. The Morgan fingerprint density at radius 3 is 0.923 bits per heavy atom. The SMILES string of the molecule is C.C.CC(C)c1ccc(F)c(Cl)c1.Cc1cc(F)c(C(C)C)c(F)c1.Cc1ccc(C(C)(C)C)cc1.Cc1ccc(C(C)(C)C)cc1.Cc1ccc(C(C)C)c(F)c1.Cc1ccc(C(C)C)cc1F.Cc1cccc(C(C)(C)C)c1.Cc1cccc(C(C)(C)C)c1. The lowest BCUT2D eigenvalue weighted by molar-refractivity contribution is 0.540. The largest absolute Gasteiger partial charge is 0.207 e. The minimum Gasteiger partial charge on any atom is -0.207 e. The van der Waals surface area contributed by atoms with E-state index in [4.69, 9.17) is 11.6 Å². The molecule has 0 radical (unpaired) electrons. The van der Waals surface area contributed by atoms with E-state index < -0.39 is 11.6 Å². The summed E-state index contributed by atoms with van der Waals surface area (Å²) in [5, 5.41) is 0.205. The van der Waals surface area contributed by atoms with Crippen LogP contribution in [0.15, 0.2) is 164 Å². The van der Waals surface area contributed by atoms with Crippen molar-refractivity contribution in [2.45, 2.75) is 247 Å². The molecule has 0 atom stereocenters. The van der Waals surface area contributed by atoms with Gasteiger partial charge in [0.05, 0.1) is 5.02 Å². The Kier molecular flexibility index (Phi) is 38.1. The molecule has 0 aliphatic carbocycles. The van der Waals surface area contributed by atoms with Gasteiger partial charge in [-0.25, -0.2) is 22.0 Å². The predicted molar refractivity (Wildman–Crippen MR) is 394 cm³/mol. The van der Waals surface area contributed by atoms with Crippen LogP contribution in [0.2, 0.25) is 5.02 Å². The zero-order valence-electron chi connectivity index (χ0n) is 59.7. The molecule has 0 aromatic heterocycles. The lowest BCUT2D eigenvalue weighted by atomic mass is 9.86. The van der Waals surface area contributed by atoms with Crippen molar-refractivity contribution in [3.63, 3.8) is 0 Å². The maximum Gasteiger partial charge on any atom is 0.141 e. The van der Waals surface area contributed by atoms with Crippen LogP contribution < -0.4 is 0 Å². The van der Waals surface area contributed by atoms with Gasteiger partial charge in [-0.3, -0.25) is 0 Å². The zero-order chi connectivity index (χ0) is 68.5. The van der Waals surface area contributed by atoms with Gasteiger partial charge in [-0.05, 0) is 186 Å². The van der Waals surface area contributed by atoms with Crippen LogP contribution in [0.1, 0.15) is 260 Å². The molecule has 0 spiro atoms. The van der Waals surface area contributed by atoms with Gasteiger partial charge >= 0.3 is 0 Å².